The zero-order valence-electron chi connectivity index (χ0n) is 10.3. The van der Waals surface area contributed by atoms with E-state index >= 15 is 0 Å². The molecule has 0 unspecified atom stereocenters. The molecule has 19 heavy (non-hydrogen) atoms. The number of rotatable bonds is 3. The highest BCUT2D eigenvalue weighted by Gasteiger charge is 2.13. The van der Waals surface area contributed by atoms with E-state index in [-0.39, 0.29) is 6.61 Å². The van der Waals surface area contributed by atoms with E-state index in [4.69, 9.17) is 0 Å². The topological polar surface area (TPSA) is 59.4 Å². The molecule has 0 spiro atoms. The molecule has 0 atom stereocenters. The lowest BCUT2D eigenvalue weighted by atomic mass is 9.98. The number of nitrogens with zero attached hydrogens (tertiary/aromatic N) is 1. The van der Waals surface area contributed by atoms with Gasteiger partial charge in [0.1, 0.15) is 5.82 Å². The normalized spacial score (nSPS) is 10.3. The summed E-state index contributed by atoms with van der Waals surface area (Å²) in [5.74, 6) is -0.987. The van der Waals surface area contributed by atoms with Crippen LogP contribution in [-0.2, 0) is 11.3 Å². The summed E-state index contributed by atoms with van der Waals surface area (Å²) in [5, 5.41) is 9.36. The average Bonchev–Trinajstić information content (AvgIpc) is 2.46. The lowest BCUT2D eigenvalue weighted by molar-refractivity contribution is 0.0600. The fourth-order valence-corrected chi connectivity index (χ4v) is 1.83. The number of carbonyl (C=O) groups is 1. The van der Waals surface area contributed by atoms with Gasteiger partial charge in [-0.2, -0.15) is 0 Å². The van der Waals surface area contributed by atoms with Crippen LogP contribution in [0.5, 0.6) is 0 Å². The molecule has 0 amide bonds. The van der Waals surface area contributed by atoms with Gasteiger partial charge in [-0.25, -0.2) is 9.18 Å². The fourth-order valence-electron chi connectivity index (χ4n) is 1.83. The Kier molecular flexibility index (Phi) is 3.87. The molecule has 0 aliphatic heterocycles. The van der Waals surface area contributed by atoms with Crippen molar-refractivity contribution in [2.75, 3.05) is 7.11 Å². The summed E-state index contributed by atoms with van der Waals surface area (Å²) in [7, 11) is 1.28. The zero-order chi connectivity index (χ0) is 13.8. The first-order valence-electron chi connectivity index (χ1n) is 5.59. The maximum absolute atomic E-state index is 13.7. The highest BCUT2D eigenvalue weighted by atomic mass is 19.1. The van der Waals surface area contributed by atoms with Gasteiger partial charge < -0.3 is 9.84 Å². The summed E-state index contributed by atoms with van der Waals surface area (Å²) in [6.07, 6.45) is 2.57. The number of halogens is 1. The predicted molar refractivity (Wildman–Crippen MR) is 66.9 cm³/mol. The molecular formula is C14H12FNO3. The molecule has 0 bridgehead atoms. The number of hydrogen-bond acceptors (Lipinski definition) is 4. The van der Waals surface area contributed by atoms with Gasteiger partial charge in [0.2, 0.25) is 0 Å². The lowest BCUT2D eigenvalue weighted by Gasteiger charge is -2.10. The van der Waals surface area contributed by atoms with Crippen LogP contribution in [0.1, 0.15) is 15.9 Å². The highest BCUT2D eigenvalue weighted by Crippen LogP contribution is 2.27. The summed E-state index contributed by atoms with van der Waals surface area (Å²) in [6.45, 7) is -0.304. The molecule has 4 nitrogen and oxygen atoms in total. The molecule has 2 aromatic rings. The molecule has 1 heterocycles. The minimum absolute atomic E-state index is 0.304. The highest BCUT2D eigenvalue weighted by molar-refractivity contribution is 5.90. The van der Waals surface area contributed by atoms with Crippen LogP contribution < -0.4 is 0 Å². The van der Waals surface area contributed by atoms with Crippen molar-refractivity contribution in [3.05, 3.63) is 53.6 Å². The van der Waals surface area contributed by atoms with Crippen molar-refractivity contribution in [1.29, 1.82) is 0 Å². The Morgan fingerprint density at radius 1 is 1.37 bits per heavy atom. The van der Waals surface area contributed by atoms with Gasteiger partial charge in [0.25, 0.3) is 0 Å². The van der Waals surface area contributed by atoms with Crippen molar-refractivity contribution in [2.24, 2.45) is 0 Å². The Labute approximate surface area is 109 Å². The second-order valence-corrected chi connectivity index (χ2v) is 3.88. The molecule has 0 fully saturated rings. The van der Waals surface area contributed by atoms with Gasteiger partial charge in [0, 0.05) is 11.8 Å². The molecule has 1 N–H and O–H groups in total. The van der Waals surface area contributed by atoms with Crippen molar-refractivity contribution < 1.29 is 19.0 Å². The Hall–Kier alpha value is -2.27. The van der Waals surface area contributed by atoms with E-state index in [0.717, 1.165) is 6.20 Å². The van der Waals surface area contributed by atoms with Crippen molar-refractivity contribution in [2.45, 2.75) is 6.61 Å². The average molecular weight is 261 g/mol. The molecule has 98 valence electrons. The molecular weight excluding hydrogens is 249 g/mol. The molecule has 2 rings (SSSR count). The first-order valence-corrected chi connectivity index (χ1v) is 5.59. The monoisotopic (exact) mass is 261 g/mol. The zero-order valence-corrected chi connectivity index (χ0v) is 10.3. The number of aliphatic hydroxyl groups is 1. The van der Waals surface area contributed by atoms with Crippen LogP contribution in [0.4, 0.5) is 4.39 Å². The second-order valence-electron chi connectivity index (χ2n) is 3.88. The first kappa shape index (κ1) is 13.2. The number of aliphatic hydroxyl groups excluding tert-OH is 1. The van der Waals surface area contributed by atoms with Crippen molar-refractivity contribution in [3.63, 3.8) is 0 Å². The molecule has 0 saturated carbocycles. The van der Waals surface area contributed by atoms with E-state index in [1.54, 1.807) is 6.07 Å². The molecule has 0 radical (unpaired) electrons. The summed E-state index contributed by atoms with van der Waals surface area (Å²) < 4.78 is 18.3. The van der Waals surface area contributed by atoms with E-state index in [9.17, 15) is 14.3 Å². The third-order valence-electron chi connectivity index (χ3n) is 2.76. The van der Waals surface area contributed by atoms with Crippen LogP contribution in [0.15, 0.2) is 36.7 Å². The van der Waals surface area contributed by atoms with Crippen molar-refractivity contribution >= 4 is 5.97 Å². The lowest BCUT2D eigenvalue weighted by Crippen LogP contribution is -2.03. The summed E-state index contributed by atoms with van der Waals surface area (Å²) in [5.41, 5.74) is 1.61. The minimum Gasteiger partial charge on any atom is -0.465 e. The van der Waals surface area contributed by atoms with Gasteiger partial charge in [-0.3, -0.25) is 4.98 Å². The van der Waals surface area contributed by atoms with Gasteiger partial charge in [-0.15, -0.1) is 0 Å². The third kappa shape index (κ3) is 2.61. The Morgan fingerprint density at radius 2 is 2.16 bits per heavy atom. The van der Waals surface area contributed by atoms with Crippen LogP contribution in [0.2, 0.25) is 0 Å². The second kappa shape index (κ2) is 5.58. The maximum Gasteiger partial charge on any atom is 0.337 e. The van der Waals surface area contributed by atoms with Crippen LogP contribution in [0.25, 0.3) is 11.1 Å². The molecule has 5 heteroatoms. The van der Waals surface area contributed by atoms with E-state index in [1.165, 1.54) is 31.5 Å². The predicted octanol–water partition coefficient (Wildman–Crippen LogP) is 2.17. The summed E-state index contributed by atoms with van der Waals surface area (Å²) >= 11 is 0. The number of pyridine rings is 1. The van der Waals surface area contributed by atoms with Crippen LogP contribution in [0, 0.1) is 5.82 Å². The van der Waals surface area contributed by atoms with Crippen LogP contribution >= 0.6 is 0 Å². The van der Waals surface area contributed by atoms with Gasteiger partial charge in [0.05, 0.1) is 25.5 Å². The Bertz CT molecular complexity index is 613. The maximum atomic E-state index is 13.7. The first-order chi connectivity index (χ1) is 9.17. The van der Waals surface area contributed by atoms with E-state index in [0.29, 0.717) is 22.3 Å². The molecule has 1 aromatic heterocycles. The molecule has 0 aliphatic rings. The number of esters is 1. The standard InChI is InChI=1S/C14H12FNO3/c1-19-14(18)9-2-3-11(10(6-9)8-17)12-4-5-16-7-13(12)15/h2-7,17H,8H2,1H3. The Balaban J connectivity index is 2.53. The quantitative estimate of drug-likeness (QED) is 0.860. The van der Waals surface area contributed by atoms with Gasteiger partial charge in [-0.1, -0.05) is 6.07 Å². The third-order valence-corrected chi connectivity index (χ3v) is 2.76. The smallest absolute Gasteiger partial charge is 0.337 e. The number of benzene rings is 1. The van der Waals surface area contributed by atoms with E-state index < -0.39 is 11.8 Å². The summed E-state index contributed by atoms with van der Waals surface area (Å²) in [4.78, 5) is 15.1. The van der Waals surface area contributed by atoms with Gasteiger partial charge in [-0.05, 0) is 29.3 Å². The number of methoxy groups -OCH3 is 1. The van der Waals surface area contributed by atoms with Crippen LogP contribution in [0.3, 0.4) is 0 Å². The van der Waals surface area contributed by atoms with Crippen molar-refractivity contribution in [1.82, 2.24) is 4.98 Å². The molecule has 1 aromatic carbocycles. The number of aromatic nitrogens is 1. The van der Waals surface area contributed by atoms with Crippen molar-refractivity contribution in [3.8, 4) is 11.1 Å². The number of carbonyl (C=O) groups excluding carboxylic acids is 1. The molecule has 0 saturated heterocycles. The molecule has 0 aliphatic carbocycles. The van der Waals surface area contributed by atoms with Gasteiger partial charge in [0.15, 0.2) is 0 Å². The van der Waals surface area contributed by atoms with Gasteiger partial charge >= 0.3 is 5.97 Å². The minimum atomic E-state index is -0.503. The SMILES string of the molecule is COC(=O)c1ccc(-c2ccncc2F)c(CO)c1. The van der Waals surface area contributed by atoms with E-state index in [1.807, 2.05) is 0 Å². The summed E-state index contributed by atoms with van der Waals surface area (Å²) in [6, 6.07) is 6.11. The number of hydrogen-bond donors (Lipinski definition) is 1. The van der Waals surface area contributed by atoms with Crippen LogP contribution in [-0.4, -0.2) is 23.2 Å². The fraction of sp³-hybridized carbons (Fsp3) is 0.143. The number of ether oxygens (including phenoxy) is 1. The van der Waals surface area contributed by atoms with E-state index in [2.05, 4.69) is 9.72 Å². The largest absolute Gasteiger partial charge is 0.465 e. The Morgan fingerprint density at radius 3 is 2.79 bits per heavy atom.